The summed E-state index contributed by atoms with van der Waals surface area (Å²) in [7, 11) is -2.83. The zero-order valence-corrected chi connectivity index (χ0v) is 19.3. The van der Waals surface area contributed by atoms with E-state index in [2.05, 4.69) is 16.4 Å². The summed E-state index contributed by atoms with van der Waals surface area (Å²) in [4.78, 5) is 9.31. The molecular weight excluding hydrogens is 432 g/mol. The minimum atomic E-state index is -2.83. The molecule has 3 N–H and O–H groups in total. The average Bonchev–Trinajstić information content (AvgIpc) is 2.76. The number of nitrogens with zero attached hydrogens (tertiary/aromatic N) is 2. The van der Waals surface area contributed by atoms with Gasteiger partial charge in [-0.2, -0.15) is 0 Å². The zero-order valence-electron chi connectivity index (χ0n) is 17.8. The van der Waals surface area contributed by atoms with E-state index < -0.39 is 9.84 Å². The fourth-order valence-corrected chi connectivity index (χ4v) is 6.34. The molecule has 3 heterocycles. The third kappa shape index (κ3) is 6.18. The van der Waals surface area contributed by atoms with Crippen LogP contribution in [0.15, 0.2) is 30.5 Å². The van der Waals surface area contributed by atoms with E-state index in [1.807, 2.05) is 18.2 Å². The lowest BCUT2D eigenvalue weighted by Gasteiger charge is -2.25. The van der Waals surface area contributed by atoms with Crippen LogP contribution in [0.3, 0.4) is 0 Å². The summed E-state index contributed by atoms with van der Waals surface area (Å²) in [5, 5.41) is 3.97. The van der Waals surface area contributed by atoms with Gasteiger partial charge < -0.3 is 11.1 Å². The maximum atomic E-state index is 11.6. The number of rotatable bonds is 6. The van der Waals surface area contributed by atoms with Gasteiger partial charge in [0.1, 0.15) is 15.7 Å². The van der Waals surface area contributed by atoms with Crippen molar-refractivity contribution in [2.45, 2.75) is 51.0 Å². The highest BCUT2D eigenvalue weighted by atomic mass is 35.5. The molecule has 168 valence electrons. The Hall–Kier alpha value is -1.70. The molecular formula is C23H31ClN4O2S. The van der Waals surface area contributed by atoms with Gasteiger partial charge in [-0.05, 0) is 75.0 Å². The molecule has 1 saturated heterocycles. The monoisotopic (exact) mass is 462 g/mol. The van der Waals surface area contributed by atoms with Crippen LogP contribution in [0.25, 0.3) is 11.3 Å². The standard InChI is InChI=1S/C23H31ClN4O2S/c24-21-15-26-19(12-16-4-6-18(25)7-5-16)13-20(21)22-2-1-3-23(28-22)27-14-17-8-10-31(29,30)11-9-17/h1-3,13,15-18H,4-12,14,25H2,(H,27,28). The number of aromatic nitrogens is 2. The average molecular weight is 463 g/mol. The largest absolute Gasteiger partial charge is 0.370 e. The van der Waals surface area contributed by atoms with Crippen LogP contribution < -0.4 is 11.1 Å². The maximum absolute atomic E-state index is 11.6. The molecule has 0 amide bonds. The van der Waals surface area contributed by atoms with Gasteiger partial charge >= 0.3 is 0 Å². The highest BCUT2D eigenvalue weighted by molar-refractivity contribution is 7.91. The van der Waals surface area contributed by atoms with Crippen LogP contribution in [-0.2, 0) is 16.3 Å². The van der Waals surface area contributed by atoms with Crippen LogP contribution in [0.1, 0.15) is 44.2 Å². The Bertz CT molecular complexity index is 992. The number of hydrogen-bond donors (Lipinski definition) is 2. The van der Waals surface area contributed by atoms with Gasteiger partial charge in [0, 0.05) is 30.0 Å². The Morgan fingerprint density at radius 1 is 1.06 bits per heavy atom. The summed E-state index contributed by atoms with van der Waals surface area (Å²) in [6.45, 7) is 0.727. The lowest BCUT2D eigenvalue weighted by Crippen LogP contribution is -2.27. The number of anilines is 1. The minimum Gasteiger partial charge on any atom is -0.370 e. The fourth-order valence-electron chi connectivity index (χ4n) is 4.55. The quantitative estimate of drug-likeness (QED) is 0.670. The third-order valence-electron chi connectivity index (χ3n) is 6.57. The maximum Gasteiger partial charge on any atom is 0.150 e. The van der Waals surface area contributed by atoms with E-state index in [1.54, 1.807) is 6.20 Å². The Morgan fingerprint density at radius 3 is 2.55 bits per heavy atom. The molecule has 2 aromatic heterocycles. The summed E-state index contributed by atoms with van der Waals surface area (Å²) in [6.07, 6.45) is 8.58. The second-order valence-corrected chi connectivity index (χ2v) is 11.7. The van der Waals surface area contributed by atoms with Crippen LogP contribution in [0.5, 0.6) is 0 Å². The summed E-state index contributed by atoms with van der Waals surface area (Å²) in [5.41, 5.74) is 8.79. The number of sulfone groups is 1. The molecule has 1 aliphatic heterocycles. The fraction of sp³-hybridized carbons (Fsp3) is 0.565. The molecule has 8 heteroatoms. The minimum absolute atomic E-state index is 0.287. The Kier molecular flexibility index (Phi) is 7.14. The molecule has 0 unspecified atom stereocenters. The van der Waals surface area contributed by atoms with Gasteiger partial charge in [-0.25, -0.2) is 13.4 Å². The van der Waals surface area contributed by atoms with Crippen LogP contribution in [-0.4, -0.2) is 42.5 Å². The lowest BCUT2D eigenvalue weighted by molar-refractivity contribution is 0.323. The smallest absolute Gasteiger partial charge is 0.150 e. The molecule has 1 saturated carbocycles. The van der Waals surface area contributed by atoms with Gasteiger partial charge in [-0.3, -0.25) is 4.98 Å². The molecule has 2 aliphatic rings. The van der Waals surface area contributed by atoms with Crippen LogP contribution in [0.2, 0.25) is 5.02 Å². The van der Waals surface area contributed by atoms with E-state index in [1.165, 1.54) is 0 Å². The van der Waals surface area contributed by atoms with Gasteiger partial charge in [0.2, 0.25) is 0 Å². The SMILES string of the molecule is NC1CCC(Cc2cc(-c3cccc(NCC4CCS(=O)(=O)CC4)n3)c(Cl)cn2)CC1. The zero-order chi connectivity index (χ0) is 21.8. The number of halogens is 1. The molecule has 0 bridgehead atoms. The van der Waals surface area contributed by atoms with Gasteiger partial charge in [-0.15, -0.1) is 0 Å². The molecule has 0 atom stereocenters. The van der Waals surface area contributed by atoms with Crippen molar-refractivity contribution >= 4 is 27.3 Å². The Balaban J connectivity index is 1.42. The first-order valence-corrected chi connectivity index (χ1v) is 13.4. The number of hydrogen-bond acceptors (Lipinski definition) is 6. The van der Waals surface area contributed by atoms with Crippen molar-refractivity contribution in [3.8, 4) is 11.3 Å². The predicted octanol–water partition coefficient (Wildman–Crippen LogP) is 4.09. The van der Waals surface area contributed by atoms with E-state index in [4.69, 9.17) is 22.3 Å². The van der Waals surface area contributed by atoms with E-state index in [0.717, 1.165) is 61.4 Å². The Morgan fingerprint density at radius 2 is 1.81 bits per heavy atom. The van der Waals surface area contributed by atoms with Crippen LogP contribution >= 0.6 is 11.6 Å². The van der Waals surface area contributed by atoms with Crippen LogP contribution in [0, 0.1) is 11.8 Å². The molecule has 2 aromatic rings. The van der Waals surface area contributed by atoms with Gasteiger partial charge in [-0.1, -0.05) is 17.7 Å². The molecule has 4 rings (SSSR count). The van der Waals surface area contributed by atoms with Crippen molar-refractivity contribution < 1.29 is 8.42 Å². The molecule has 2 fully saturated rings. The van der Waals surface area contributed by atoms with Gasteiger partial charge in [0.25, 0.3) is 0 Å². The number of nitrogens with two attached hydrogens (primary N) is 1. The first-order chi connectivity index (χ1) is 14.9. The topological polar surface area (TPSA) is 98.0 Å². The molecule has 1 aliphatic carbocycles. The second kappa shape index (κ2) is 9.84. The first kappa shape index (κ1) is 22.5. The highest BCUT2D eigenvalue weighted by Gasteiger charge is 2.23. The van der Waals surface area contributed by atoms with Crippen molar-refractivity contribution in [1.29, 1.82) is 0 Å². The molecule has 6 nitrogen and oxygen atoms in total. The predicted molar refractivity (Wildman–Crippen MR) is 126 cm³/mol. The van der Waals surface area contributed by atoms with Crippen molar-refractivity contribution in [3.63, 3.8) is 0 Å². The van der Waals surface area contributed by atoms with E-state index in [0.29, 0.717) is 35.7 Å². The van der Waals surface area contributed by atoms with E-state index in [-0.39, 0.29) is 11.5 Å². The van der Waals surface area contributed by atoms with Gasteiger partial charge in [0.05, 0.1) is 22.2 Å². The molecule has 0 radical (unpaired) electrons. The van der Waals surface area contributed by atoms with Gasteiger partial charge in [0.15, 0.2) is 0 Å². The second-order valence-electron chi connectivity index (χ2n) is 9.02. The van der Waals surface area contributed by atoms with Crippen molar-refractivity contribution in [3.05, 3.63) is 41.2 Å². The summed E-state index contributed by atoms with van der Waals surface area (Å²) >= 11 is 6.47. The van der Waals surface area contributed by atoms with Crippen molar-refractivity contribution in [1.82, 2.24) is 9.97 Å². The lowest BCUT2D eigenvalue weighted by atomic mass is 9.83. The van der Waals surface area contributed by atoms with Crippen molar-refractivity contribution in [2.24, 2.45) is 17.6 Å². The summed E-state index contributed by atoms with van der Waals surface area (Å²) in [5.74, 6) is 2.33. The highest BCUT2D eigenvalue weighted by Crippen LogP contribution is 2.31. The normalized spacial score (nSPS) is 24.1. The third-order valence-corrected chi connectivity index (χ3v) is 8.59. The Labute approximate surface area is 189 Å². The molecule has 0 spiro atoms. The first-order valence-electron chi connectivity index (χ1n) is 11.2. The summed E-state index contributed by atoms with van der Waals surface area (Å²) in [6, 6.07) is 8.28. The number of nitrogens with one attached hydrogen (secondary N) is 1. The van der Waals surface area contributed by atoms with E-state index >= 15 is 0 Å². The van der Waals surface area contributed by atoms with E-state index in [9.17, 15) is 8.42 Å². The van der Waals surface area contributed by atoms with Crippen LogP contribution in [0.4, 0.5) is 5.82 Å². The number of pyridine rings is 2. The summed E-state index contributed by atoms with van der Waals surface area (Å²) < 4.78 is 23.2. The molecule has 31 heavy (non-hydrogen) atoms. The van der Waals surface area contributed by atoms with Crippen molar-refractivity contribution in [2.75, 3.05) is 23.4 Å². The molecule has 0 aromatic carbocycles.